The molecule has 2 atom stereocenters. The fourth-order valence-corrected chi connectivity index (χ4v) is 1.45. The maximum atomic E-state index is 5.50. The van der Waals surface area contributed by atoms with E-state index in [0.717, 1.165) is 25.0 Å². The Hall–Kier alpha value is -0.0400. The van der Waals surface area contributed by atoms with Crippen LogP contribution in [0.3, 0.4) is 0 Å². The van der Waals surface area contributed by atoms with Crippen molar-refractivity contribution in [3.63, 3.8) is 0 Å². The highest BCUT2D eigenvalue weighted by atomic mass is 16.5. The smallest absolute Gasteiger partial charge is 0.0491 e. The second-order valence-corrected chi connectivity index (χ2v) is 3.68. The van der Waals surface area contributed by atoms with E-state index in [1.807, 2.05) is 0 Å². The van der Waals surface area contributed by atoms with E-state index >= 15 is 0 Å². The highest BCUT2D eigenvalue weighted by Crippen LogP contribution is 2.16. The Morgan fingerprint density at radius 3 is 2.00 bits per heavy atom. The van der Waals surface area contributed by atoms with Crippen LogP contribution in [-0.4, -0.2) is 13.2 Å². The Morgan fingerprint density at radius 1 is 1.00 bits per heavy atom. The Morgan fingerprint density at radius 2 is 1.50 bits per heavy atom. The maximum absolute atomic E-state index is 5.50. The molecule has 0 N–H and O–H groups in total. The van der Waals surface area contributed by atoms with Gasteiger partial charge in [-0.05, 0) is 24.7 Å². The lowest BCUT2D eigenvalue weighted by Crippen LogP contribution is -2.15. The summed E-state index contributed by atoms with van der Waals surface area (Å²) in [6, 6.07) is 0. The standard InChI is InChI=1S/C9H18O/c1-8-4-3-5-9(2)7-10-6-8/h8-9H,3-7H2,1-2H3. The zero-order chi connectivity index (χ0) is 7.40. The third-order valence-electron chi connectivity index (χ3n) is 2.20. The van der Waals surface area contributed by atoms with Gasteiger partial charge in [-0.1, -0.05) is 20.3 Å². The van der Waals surface area contributed by atoms with Crippen LogP contribution in [0.2, 0.25) is 0 Å². The van der Waals surface area contributed by atoms with E-state index in [-0.39, 0.29) is 0 Å². The molecule has 0 spiro atoms. The Labute approximate surface area is 63.8 Å². The average Bonchev–Trinajstić information content (AvgIpc) is 1.84. The molecular formula is C9H18O. The number of hydrogen-bond donors (Lipinski definition) is 0. The van der Waals surface area contributed by atoms with Crippen LogP contribution in [0, 0.1) is 11.8 Å². The van der Waals surface area contributed by atoms with Crippen LogP contribution in [0.15, 0.2) is 0 Å². The van der Waals surface area contributed by atoms with Crippen molar-refractivity contribution in [3.8, 4) is 0 Å². The molecule has 0 aliphatic carbocycles. The first kappa shape index (κ1) is 8.06. The number of ether oxygens (including phenoxy) is 1. The summed E-state index contributed by atoms with van der Waals surface area (Å²) < 4.78 is 5.50. The van der Waals surface area contributed by atoms with Crippen molar-refractivity contribution in [3.05, 3.63) is 0 Å². The monoisotopic (exact) mass is 142 g/mol. The molecule has 1 fully saturated rings. The minimum Gasteiger partial charge on any atom is -0.381 e. The molecule has 0 saturated carbocycles. The molecule has 1 aliphatic heterocycles. The van der Waals surface area contributed by atoms with Gasteiger partial charge in [0, 0.05) is 13.2 Å². The van der Waals surface area contributed by atoms with Crippen LogP contribution >= 0.6 is 0 Å². The van der Waals surface area contributed by atoms with E-state index in [0.29, 0.717) is 0 Å². The van der Waals surface area contributed by atoms with Gasteiger partial charge in [-0.3, -0.25) is 0 Å². The predicted octanol–water partition coefficient (Wildman–Crippen LogP) is 2.46. The van der Waals surface area contributed by atoms with Gasteiger partial charge in [-0.2, -0.15) is 0 Å². The van der Waals surface area contributed by atoms with Crippen LogP contribution in [0.5, 0.6) is 0 Å². The number of hydrogen-bond acceptors (Lipinski definition) is 1. The third kappa shape index (κ3) is 2.70. The highest BCUT2D eigenvalue weighted by molar-refractivity contribution is 4.60. The molecule has 0 amide bonds. The molecule has 1 heterocycles. The first-order valence-electron chi connectivity index (χ1n) is 4.37. The second kappa shape index (κ2) is 3.97. The second-order valence-electron chi connectivity index (χ2n) is 3.68. The fraction of sp³-hybridized carbons (Fsp3) is 1.00. The maximum Gasteiger partial charge on any atom is 0.0491 e. The molecule has 0 bridgehead atoms. The first-order valence-corrected chi connectivity index (χ1v) is 4.37. The van der Waals surface area contributed by atoms with Gasteiger partial charge in [0.05, 0.1) is 0 Å². The van der Waals surface area contributed by atoms with Crippen molar-refractivity contribution in [2.24, 2.45) is 11.8 Å². The van der Waals surface area contributed by atoms with Crippen molar-refractivity contribution < 1.29 is 4.74 Å². The van der Waals surface area contributed by atoms with Crippen molar-refractivity contribution in [2.75, 3.05) is 13.2 Å². The van der Waals surface area contributed by atoms with E-state index in [2.05, 4.69) is 13.8 Å². The fourth-order valence-electron chi connectivity index (χ4n) is 1.45. The zero-order valence-electron chi connectivity index (χ0n) is 7.10. The molecule has 60 valence electrons. The average molecular weight is 142 g/mol. The van der Waals surface area contributed by atoms with E-state index < -0.39 is 0 Å². The summed E-state index contributed by atoms with van der Waals surface area (Å²) in [4.78, 5) is 0. The summed E-state index contributed by atoms with van der Waals surface area (Å²) in [6.07, 6.45) is 4.10. The molecule has 1 rings (SSSR count). The third-order valence-corrected chi connectivity index (χ3v) is 2.20. The Bertz CT molecular complexity index is 70.7. The molecule has 2 unspecified atom stereocenters. The summed E-state index contributed by atoms with van der Waals surface area (Å²) >= 11 is 0. The van der Waals surface area contributed by atoms with Crippen LogP contribution in [0.25, 0.3) is 0 Å². The summed E-state index contributed by atoms with van der Waals surface area (Å²) in [5.41, 5.74) is 0. The summed E-state index contributed by atoms with van der Waals surface area (Å²) in [7, 11) is 0. The van der Waals surface area contributed by atoms with Crippen LogP contribution < -0.4 is 0 Å². The molecule has 1 aliphatic rings. The van der Waals surface area contributed by atoms with Gasteiger partial charge in [0.25, 0.3) is 0 Å². The molecule has 0 aromatic rings. The normalized spacial score (nSPS) is 36.6. The molecule has 1 nitrogen and oxygen atoms in total. The Kier molecular flexibility index (Phi) is 3.20. The largest absolute Gasteiger partial charge is 0.381 e. The molecule has 0 radical (unpaired) electrons. The topological polar surface area (TPSA) is 9.23 Å². The quantitative estimate of drug-likeness (QED) is 0.505. The first-order chi connectivity index (χ1) is 4.79. The summed E-state index contributed by atoms with van der Waals surface area (Å²) in [5.74, 6) is 1.57. The molecule has 0 aromatic carbocycles. The van der Waals surface area contributed by atoms with Crippen LogP contribution in [0.4, 0.5) is 0 Å². The van der Waals surface area contributed by atoms with Gasteiger partial charge in [0.2, 0.25) is 0 Å². The van der Waals surface area contributed by atoms with E-state index in [1.54, 1.807) is 0 Å². The van der Waals surface area contributed by atoms with E-state index in [4.69, 9.17) is 4.74 Å². The lowest BCUT2D eigenvalue weighted by molar-refractivity contribution is 0.0608. The minimum absolute atomic E-state index is 0.785. The SMILES string of the molecule is CC1CCCC(C)COC1. The van der Waals surface area contributed by atoms with Gasteiger partial charge in [-0.15, -0.1) is 0 Å². The van der Waals surface area contributed by atoms with Gasteiger partial charge in [-0.25, -0.2) is 0 Å². The molecule has 0 aromatic heterocycles. The lowest BCUT2D eigenvalue weighted by atomic mass is 9.98. The molecule has 1 heteroatoms. The van der Waals surface area contributed by atoms with Gasteiger partial charge in [0.1, 0.15) is 0 Å². The van der Waals surface area contributed by atoms with E-state index in [9.17, 15) is 0 Å². The van der Waals surface area contributed by atoms with Crippen molar-refractivity contribution in [2.45, 2.75) is 33.1 Å². The lowest BCUT2D eigenvalue weighted by Gasteiger charge is -2.19. The van der Waals surface area contributed by atoms with E-state index in [1.165, 1.54) is 19.3 Å². The van der Waals surface area contributed by atoms with Crippen molar-refractivity contribution in [1.82, 2.24) is 0 Å². The van der Waals surface area contributed by atoms with Crippen LogP contribution in [0.1, 0.15) is 33.1 Å². The Balaban J connectivity index is 2.21. The molecule has 10 heavy (non-hydrogen) atoms. The predicted molar refractivity (Wildman–Crippen MR) is 43.0 cm³/mol. The highest BCUT2D eigenvalue weighted by Gasteiger charge is 2.10. The minimum atomic E-state index is 0.785. The van der Waals surface area contributed by atoms with Crippen LogP contribution in [-0.2, 0) is 4.74 Å². The summed E-state index contributed by atoms with van der Waals surface area (Å²) in [5, 5.41) is 0. The van der Waals surface area contributed by atoms with Gasteiger partial charge in [0.15, 0.2) is 0 Å². The molecular weight excluding hydrogens is 124 g/mol. The van der Waals surface area contributed by atoms with Gasteiger partial charge >= 0.3 is 0 Å². The molecule has 1 saturated heterocycles. The van der Waals surface area contributed by atoms with Crippen molar-refractivity contribution >= 4 is 0 Å². The zero-order valence-corrected chi connectivity index (χ0v) is 7.10. The van der Waals surface area contributed by atoms with Gasteiger partial charge < -0.3 is 4.74 Å². The number of rotatable bonds is 0. The van der Waals surface area contributed by atoms with Crippen molar-refractivity contribution in [1.29, 1.82) is 0 Å². The summed E-state index contributed by atoms with van der Waals surface area (Å²) in [6.45, 7) is 6.50.